The predicted molar refractivity (Wildman–Crippen MR) is 93.1 cm³/mol. The maximum Gasteiger partial charge on any atom is 0.326 e. The van der Waals surface area contributed by atoms with Gasteiger partial charge in [0.1, 0.15) is 6.54 Å². The van der Waals surface area contributed by atoms with Crippen LogP contribution in [0.5, 0.6) is 0 Å². The first kappa shape index (κ1) is 17.6. The van der Waals surface area contributed by atoms with Crippen molar-refractivity contribution < 1.29 is 4.79 Å². The Morgan fingerprint density at radius 2 is 2.17 bits per heavy atom. The quantitative estimate of drug-likeness (QED) is 0.864. The van der Waals surface area contributed by atoms with Crippen molar-refractivity contribution in [2.24, 2.45) is 0 Å². The second-order valence-corrected chi connectivity index (χ2v) is 5.77. The van der Waals surface area contributed by atoms with E-state index in [0.717, 1.165) is 43.5 Å². The summed E-state index contributed by atoms with van der Waals surface area (Å²) in [5, 5.41) is 3.30. The minimum absolute atomic E-state index is 0. The molecule has 1 amide bonds. The molecule has 1 aromatic heterocycles. The molecule has 126 valence electrons. The van der Waals surface area contributed by atoms with Crippen molar-refractivity contribution in [3.8, 4) is 0 Å². The number of imidazole rings is 1. The van der Waals surface area contributed by atoms with E-state index in [4.69, 9.17) is 0 Å². The van der Waals surface area contributed by atoms with E-state index in [-0.39, 0.29) is 36.6 Å². The van der Waals surface area contributed by atoms with Gasteiger partial charge in [0.05, 0.1) is 11.0 Å². The van der Waals surface area contributed by atoms with E-state index < -0.39 is 0 Å². The summed E-state index contributed by atoms with van der Waals surface area (Å²) in [5.74, 6) is 0.0161. The van der Waals surface area contributed by atoms with Gasteiger partial charge in [-0.2, -0.15) is 0 Å². The van der Waals surface area contributed by atoms with Gasteiger partial charge in [-0.25, -0.2) is 4.79 Å². The first-order valence-corrected chi connectivity index (χ1v) is 7.88. The molecule has 0 radical (unpaired) electrons. The van der Waals surface area contributed by atoms with E-state index in [1.807, 2.05) is 29.2 Å². The Balaban J connectivity index is 0.00000192. The molecule has 2 heterocycles. The number of aromatic amines is 1. The lowest BCUT2D eigenvalue weighted by Gasteiger charge is -2.28. The number of rotatable bonds is 5. The third-order valence-corrected chi connectivity index (χ3v) is 4.23. The van der Waals surface area contributed by atoms with Crippen LogP contribution in [0.15, 0.2) is 29.1 Å². The van der Waals surface area contributed by atoms with Crippen LogP contribution in [-0.2, 0) is 11.3 Å². The fraction of sp³-hybridized carbons (Fsp3) is 0.500. The summed E-state index contributed by atoms with van der Waals surface area (Å²) in [4.78, 5) is 29.5. The molecular formula is C16H23ClN4O2. The van der Waals surface area contributed by atoms with Crippen molar-refractivity contribution in [1.29, 1.82) is 0 Å². The molecule has 7 heteroatoms. The zero-order valence-electron chi connectivity index (χ0n) is 13.2. The Kier molecular flexibility index (Phi) is 5.85. The standard InChI is InChI=1S/C16H22N4O2.ClH/c1-2-9-19(12-7-8-17-10-12)15(21)11-20-14-6-4-3-5-13(14)18-16(20)22;/h3-6,12,17H,2,7-11H2,1H3,(H,18,22);1H. The molecule has 1 aliphatic heterocycles. The zero-order valence-corrected chi connectivity index (χ0v) is 14.1. The number of nitrogens with one attached hydrogen (secondary N) is 2. The van der Waals surface area contributed by atoms with Crippen molar-refractivity contribution in [3.05, 3.63) is 34.7 Å². The number of hydrogen-bond acceptors (Lipinski definition) is 3. The van der Waals surface area contributed by atoms with Gasteiger partial charge in [-0.15, -0.1) is 12.4 Å². The smallest absolute Gasteiger partial charge is 0.326 e. The van der Waals surface area contributed by atoms with Crippen LogP contribution < -0.4 is 11.0 Å². The number of aromatic nitrogens is 2. The molecule has 1 saturated heterocycles. The number of carbonyl (C=O) groups is 1. The summed E-state index contributed by atoms with van der Waals surface area (Å²) in [6.07, 6.45) is 1.90. The van der Waals surface area contributed by atoms with Crippen LogP contribution in [-0.4, -0.2) is 46.0 Å². The van der Waals surface area contributed by atoms with E-state index in [9.17, 15) is 9.59 Å². The summed E-state index contributed by atoms with van der Waals surface area (Å²) >= 11 is 0. The van der Waals surface area contributed by atoms with Crippen LogP contribution in [0.4, 0.5) is 0 Å². The number of hydrogen-bond donors (Lipinski definition) is 2. The van der Waals surface area contributed by atoms with Crippen LogP contribution in [0, 0.1) is 0 Å². The van der Waals surface area contributed by atoms with E-state index in [1.165, 1.54) is 4.57 Å². The second kappa shape index (κ2) is 7.66. The highest BCUT2D eigenvalue weighted by Crippen LogP contribution is 2.13. The van der Waals surface area contributed by atoms with Gasteiger partial charge in [0.15, 0.2) is 0 Å². The fourth-order valence-electron chi connectivity index (χ4n) is 3.15. The number of halogens is 1. The minimum atomic E-state index is -0.226. The van der Waals surface area contributed by atoms with Gasteiger partial charge >= 0.3 is 5.69 Å². The first-order chi connectivity index (χ1) is 10.7. The van der Waals surface area contributed by atoms with Crippen LogP contribution in [0.2, 0.25) is 0 Å². The number of nitrogens with zero attached hydrogens (tertiary/aromatic N) is 2. The zero-order chi connectivity index (χ0) is 15.5. The largest absolute Gasteiger partial charge is 0.337 e. The maximum atomic E-state index is 12.7. The third kappa shape index (κ3) is 3.59. The van der Waals surface area contributed by atoms with Crippen molar-refractivity contribution in [2.45, 2.75) is 32.4 Å². The molecule has 23 heavy (non-hydrogen) atoms. The average molecular weight is 339 g/mol. The number of para-hydroxylation sites is 2. The molecule has 2 aromatic rings. The summed E-state index contributed by atoms with van der Waals surface area (Å²) in [7, 11) is 0. The second-order valence-electron chi connectivity index (χ2n) is 5.77. The van der Waals surface area contributed by atoms with E-state index in [1.54, 1.807) is 0 Å². The molecule has 1 aromatic carbocycles. The summed E-state index contributed by atoms with van der Waals surface area (Å²) < 4.78 is 1.53. The van der Waals surface area contributed by atoms with Gasteiger partial charge in [-0.05, 0) is 31.5 Å². The molecule has 1 fully saturated rings. The van der Waals surface area contributed by atoms with E-state index in [2.05, 4.69) is 17.2 Å². The molecule has 3 rings (SSSR count). The monoisotopic (exact) mass is 338 g/mol. The van der Waals surface area contributed by atoms with Crippen LogP contribution in [0.3, 0.4) is 0 Å². The Bertz CT molecular complexity index is 718. The fourth-order valence-corrected chi connectivity index (χ4v) is 3.15. The Morgan fingerprint density at radius 3 is 2.87 bits per heavy atom. The number of carbonyl (C=O) groups excluding carboxylic acids is 1. The molecular weight excluding hydrogens is 316 g/mol. The lowest BCUT2D eigenvalue weighted by Crippen LogP contribution is -2.44. The molecule has 0 bridgehead atoms. The lowest BCUT2D eigenvalue weighted by molar-refractivity contribution is -0.133. The average Bonchev–Trinajstić information content (AvgIpc) is 3.14. The van der Waals surface area contributed by atoms with Crippen molar-refractivity contribution >= 4 is 29.3 Å². The SMILES string of the molecule is CCCN(C(=O)Cn1c(=O)[nH]c2ccccc21)C1CCNC1.Cl. The minimum Gasteiger partial charge on any atom is -0.337 e. The highest BCUT2D eigenvalue weighted by atomic mass is 35.5. The van der Waals surface area contributed by atoms with Gasteiger partial charge in [-0.1, -0.05) is 19.1 Å². The number of benzene rings is 1. The van der Waals surface area contributed by atoms with Crippen LogP contribution in [0.25, 0.3) is 11.0 Å². The Labute approximate surface area is 141 Å². The summed E-state index contributed by atoms with van der Waals surface area (Å²) in [5.41, 5.74) is 1.32. The van der Waals surface area contributed by atoms with Gasteiger partial charge in [0.25, 0.3) is 0 Å². The molecule has 2 N–H and O–H groups in total. The van der Waals surface area contributed by atoms with Gasteiger partial charge in [-0.3, -0.25) is 9.36 Å². The number of fused-ring (bicyclic) bond motifs is 1. The third-order valence-electron chi connectivity index (χ3n) is 4.23. The molecule has 0 spiro atoms. The molecule has 6 nitrogen and oxygen atoms in total. The predicted octanol–water partition coefficient (Wildman–Crippen LogP) is 1.35. The number of amides is 1. The van der Waals surface area contributed by atoms with Crippen LogP contribution >= 0.6 is 12.4 Å². The van der Waals surface area contributed by atoms with Crippen molar-refractivity contribution in [2.75, 3.05) is 19.6 Å². The molecule has 1 unspecified atom stereocenters. The highest BCUT2D eigenvalue weighted by molar-refractivity contribution is 5.85. The molecule has 0 saturated carbocycles. The maximum absolute atomic E-state index is 12.7. The van der Waals surface area contributed by atoms with Crippen molar-refractivity contribution in [1.82, 2.24) is 19.8 Å². The number of H-pyrrole nitrogens is 1. The van der Waals surface area contributed by atoms with E-state index in [0.29, 0.717) is 0 Å². The lowest BCUT2D eigenvalue weighted by atomic mass is 10.2. The normalized spacial score (nSPS) is 17.2. The molecule has 1 atom stereocenters. The van der Waals surface area contributed by atoms with Gasteiger partial charge < -0.3 is 15.2 Å². The van der Waals surface area contributed by atoms with Gasteiger partial charge in [0.2, 0.25) is 5.91 Å². The highest BCUT2D eigenvalue weighted by Gasteiger charge is 2.26. The van der Waals surface area contributed by atoms with Crippen molar-refractivity contribution in [3.63, 3.8) is 0 Å². The van der Waals surface area contributed by atoms with Gasteiger partial charge in [0, 0.05) is 19.1 Å². The summed E-state index contributed by atoms with van der Waals surface area (Å²) in [6, 6.07) is 7.71. The Hall–Kier alpha value is -1.79. The molecule has 1 aliphatic rings. The molecule has 0 aliphatic carbocycles. The van der Waals surface area contributed by atoms with Crippen LogP contribution in [0.1, 0.15) is 19.8 Å². The van der Waals surface area contributed by atoms with E-state index >= 15 is 0 Å². The first-order valence-electron chi connectivity index (χ1n) is 7.88. The topological polar surface area (TPSA) is 70.1 Å². The summed E-state index contributed by atoms with van der Waals surface area (Å²) in [6.45, 7) is 4.70. The Morgan fingerprint density at radius 1 is 1.39 bits per heavy atom.